The maximum atomic E-state index is 13.5. The lowest BCUT2D eigenvalue weighted by molar-refractivity contribution is 0.0607. The third-order valence-corrected chi connectivity index (χ3v) is 6.24. The van der Waals surface area contributed by atoms with Gasteiger partial charge < -0.3 is 4.74 Å². The van der Waals surface area contributed by atoms with E-state index in [2.05, 4.69) is 0 Å². The smallest absolute Gasteiger partial charge is 0.265 e. The fourth-order valence-corrected chi connectivity index (χ4v) is 4.65. The fraction of sp³-hybridized carbons (Fsp3) is 0.231. The first-order chi connectivity index (χ1) is 15.9. The van der Waals surface area contributed by atoms with Crippen LogP contribution in [0.1, 0.15) is 66.8 Å². The Hall–Kier alpha value is -4.00. The SMILES string of the molecule is CCCCN1C(=O)c2ccc3c4c(ccc(c24)C1=O)C(=O)N(c1cc(C)cc(OC)c1)C3=O. The largest absolute Gasteiger partial charge is 0.497 e. The molecule has 0 fully saturated rings. The normalized spacial score (nSPS) is 15.0. The Labute approximate surface area is 190 Å². The van der Waals surface area contributed by atoms with Gasteiger partial charge in [-0.15, -0.1) is 0 Å². The summed E-state index contributed by atoms with van der Waals surface area (Å²) in [6.07, 6.45) is 1.55. The van der Waals surface area contributed by atoms with Crippen LogP contribution in [0.4, 0.5) is 5.69 Å². The predicted molar refractivity (Wildman–Crippen MR) is 123 cm³/mol. The summed E-state index contributed by atoms with van der Waals surface area (Å²) in [6, 6.07) is 11.5. The van der Waals surface area contributed by atoms with Gasteiger partial charge in [0.1, 0.15) is 5.75 Å². The van der Waals surface area contributed by atoms with Gasteiger partial charge in [0.05, 0.1) is 12.8 Å². The molecule has 7 nitrogen and oxygen atoms in total. The summed E-state index contributed by atoms with van der Waals surface area (Å²) >= 11 is 0. The summed E-state index contributed by atoms with van der Waals surface area (Å²) < 4.78 is 5.31. The number of anilines is 1. The van der Waals surface area contributed by atoms with Crippen molar-refractivity contribution in [3.05, 3.63) is 70.3 Å². The number of imide groups is 2. The fourth-order valence-electron chi connectivity index (χ4n) is 4.65. The third-order valence-electron chi connectivity index (χ3n) is 6.24. The van der Waals surface area contributed by atoms with Crippen molar-refractivity contribution in [3.8, 4) is 5.75 Å². The molecule has 0 radical (unpaired) electrons. The Morgan fingerprint density at radius 1 is 0.758 bits per heavy atom. The Morgan fingerprint density at radius 2 is 1.27 bits per heavy atom. The second-order valence-electron chi connectivity index (χ2n) is 8.34. The Kier molecular flexibility index (Phi) is 4.78. The van der Waals surface area contributed by atoms with E-state index in [1.807, 2.05) is 19.9 Å². The van der Waals surface area contributed by atoms with Gasteiger partial charge in [0.2, 0.25) is 0 Å². The highest BCUT2D eigenvalue weighted by Gasteiger charge is 2.40. The molecular weight excluding hydrogens is 420 g/mol. The zero-order valence-electron chi connectivity index (χ0n) is 18.6. The van der Waals surface area contributed by atoms with Crippen LogP contribution in [0.15, 0.2) is 42.5 Å². The molecule has 0 aliphatic carbocycles. The lowest BCUT2D eigenvalue weighted by atomic mass is 9.85. The molecule has 2 aliphatic heterocycles. The van der Waals surface area contributed by atoms with Crippen molar-refractivity contribution >= 4 is 40.1 Å². The monoisotopic (exact) mass is 442 g/mol. The summed E-state index contributed by atoms with van der Waals surface area (Å²) in [4.78, 5) is 55.6. The lowest BCUT2D eigenvalue weighted by Gasteiger charge is -2.32. The van der Waals surface area contributed by atoms with E-state index in [1.165, 1.54) is 12.0 Å². The van der Waals surface area contributed by atoms with Crippen LogP contribution in [0.5, 0.6) is 5.75 Å². The first-order valence-electron chi connectivity index (χ1n) is 10.9. The van der Waals surface area contributed by atoms with E-state index in [-0.39, 0.29) is 11.1 Å². The molecule has 0 aromatic heterocycles. The van der Waals surface area contributed by atoms with Gasteiger partial charge in [-0.3, -0.25) is 24.1 Å². The number of hydrogen-bond acceptors (Lipinski definition) is 5. The molecule has 2 heterocycles. The van der Waals surface area contributed by atoms with Crippen molar-refractivity contribution in [3.63, 3.8) is 0 Å². The summed E-state index contributed by atoms with van der Waals surface area (Å²) in [5.74, 6) is -1.26. The number of rotatable bonds is 5. The molecule has 5 rings (SSSR count). The number of carbonyl (C=O) groups excluding carboxylic acids is 4. The van der Waals surface area contributed by atoms with E-state index in [0.29, 0.717) is 46.3 Å². The summed E-state index contributed by atoms with van der Waals surface area (Å²) in [5, 5.41) is 0.753. The Bertz CT molecular complexity index is 1320. The van der Waals surface area contributed by atoms with Gasteiger partial charge in [-0.1, -0.05) is 13.3 Å². The second kappa shape index (κ2) is 7.55. The van der Waals surface area contributed by atoms with Crippen molar-refractivity contribution in [2.24, 2.45) is 0 Å². The Balaban J connectivity index is 1.70. The molecule has 3 aromatic rings. The molecule has 0 saturated heterocycles. The van der Waals surface area contributed by atoms with Gasteiger partial charge in [-0.05, 0) is 55.3 Å². The number of methoxy groups -OCH3 is 1. The number of aryl methyl sites for hydroxylation is 1. The maximum Gasteiger partial charge on any atom is 0.265 e. The third kappa shape index (κ3) is 2.96. The molecule has 33 heavy (non-hydrogen) atoms. The number of ether oxygens (including phenoxy) is 1. The average molecular weight is 442 g/mol. The van der Waals surface area contributed by atoms with Crippen LogP contribution < -0.4 is 9.64 Å². The van der Waals surface area contributed by atoms with E-state index < -0.39 is 23.6 Å². The number of unbranched alkanes of at least 4 members (excludes halogenated alkanes) is 1. The molecule has 0 bridgehead atoms. The quantitative estimate of drug-likeness (QED) is 0.549. The van der Waals surface area contributed by atoms with Gasteiger partial charge >= 0.3 is 0 Å². The molecule has 0 spiro atoms. The van der Waals surface area contributed by atoms with Crippen molar-refractivity contribution in [1.29, 1.82) is 0 Å². The van der Waals surface area contributed by atoms with Crippen LogP contribution in [0.3, 0.4) is 0 Å². The van der Waals surface area contributed by atoms with Gasteiger partial charge in [-0.25, -0.2) is 4.90 Å². The van der Waals surface area contributed by atoms with Crippen LogP contribution in [0.2, 0.25) is 0 Å². The van der Waals surface area contributed by atoms with Gasteiger partial charge in [0.25, 0.3) is 23.6 Å². The van der Waals surface area contributed by atoms with Crippen molar-refractivity contribution in [2.45, 2.75) is 26.7 Å². The van der Waals surface area contributed by atoms with Crippen molar-refractivity contribution < 1.29 is 23.9 Å². The van der Waals surface area contributed by atoms with Crippen molar-refractivity contribution in [1.82, 2.24) is 4.90 Å². The molecule has 3 aromatic carbocycles. The van der Waals surface area contributed by atoms with E-state index in [9.17, 15) is 19.2 Å². The van der Waals surface area contributed by atoms with Crippen LogP contribution in [0, 0.1) is 6.92 Å². The highest BCUT2D eigenvalue weighted by molar-refractivity contribution is 6.39. The van der Waals surface area contributed by atoms with Crippen LogP contribution in [0.25, 0.3) is 10.8 Å². The van der Waals surface area contributed by atoms with Crippen molar-refractivity contribution in [2.75, 3.05) is 18.6 Å². The highest BCUT2D eigenvalue weighted by atomic mass is 16.5. The zero-order valence-corrected chi connectivity index (χ0v) is 18.6. The molecule has 2 aliphatic rings. The van der Waals surface area contributed by atoms with Gasteiger partial charge in [0.15, 0.2) is 0 Å². The van der Waals surface area contributed by atoms with Crippen LogP contribution >= 0.6 is 0 Å². The van der Waals surface area contributed by atoms with Crippen LogP contribution in [-0.2, 0) is 0 Å². The molecule has 0 saturated carbocycles. The first kappa shape index (κ1) is 20.9. The number of amides is 4. The Morgan fingerprint density at radius 3 is 1.76 bits per heavy atom. The van der Waals surface area contributed by atoms with E-state index in [4.69, 9.17) is 4.74 Å². The summed E-state index contributed by atoms with van der Waals surface area (Å²) in [7, 11) is 1.52. The number of nitrogens with zero attached hydrogens (tertiary/aromatic N) is 2. The lowest BCUT2D eigenvalue weighted by Crippen LogP contribution is -2.43. The van der Waals surface area contributed by atoms with E-state index in [1.54, 1.807) is 36.4 Å². The number of benzene rings is 3. The van der Waals surface area contributed by atoms with Crippen LogP contribution in [-0.4, -0.2) is 42.2 Å². The summed E-state index contributed by atoms with van der Waals surface area (Å²) in [6.45, 7) is 4.18. The van der Waals surface area contributed by atoms with E-state index >= 15 is 0 Å². The number of carbonyl (C=O) groups is 4. The second-order valence-corrected chi connectivity index (χ2v) is 8.34. The average Bonchev–Trinajstić information content (AvgIpc) is 2.80. The van der Waals surface area contributed by atoms with E-state index in [0.717, 1.165) is 16.9 Å². The zero-order chi connectivity index (χ0) is 23.4. The molecular formula is C26H22N2O5. The maximum absolute atomic E-state index is 13.5. The molecule has 166 valence electrons. The molecule has 4 amide bonds. The summed E-state index contributed by atoms with van der Waals surface area (Å²) in [5.41, 5.74) is 2.49. The minimum atomic E-state index is -0.503. The minimum Gasteiger partial charge on any atom is -0.497 e. The molecule has 0 N–H and O–H groups in total. The highest BCUT2D eigenvalue weighted by Crippen LogP contribution is 2.39. The van der Waals surface area contributed by atoms with Gasteiger partial charge in [0, 0.05) is 45.6 Å². The number of hydrogen-bond donors (Lipinski definition) is 0. The minimum absolute atomic E-state index is 0.285. The topological polar surface area (TPSA) is 84.0 Å². The first-order valence-corrected chi connectivity index (χ1v) is 10.9. The molecule has 0 unspecified atom stereocenters. The molecule has 7 heteroatoms. The predicted octanol–water partition coefficient (Wildman–Crippen LogP) is 4.35. The molecule has 0 atom stereocenters. The van der Waals surface area contributed by atoms with Gasteiger partial charge in [-0.2, -0.15) is 0 Å². The standard InChI is InChI=1S/C26H22N2O5/c1-4-5-10-27-23(29)17-6-8-19-22-20(9-7-18(21(17)22)24(27)30)26(32)28(25(19)31)15-11-14(2)12-16(13-15)33-3/h6-9,11-13H,4-5,10H2,1-3H3.